The van der Waals surface area contributed by atoms with Gasteiger partial charge in [0.1, 0.15) is 17.5 Å². The molecular weight excluding hydrogens is 847 g/mol. The smallest absolute Gasteiger partial charge is 0.412 e. The molecule has 2 fully saturated rings. The van der Waals surface area contributed by atoms with E-state index in [9.17, 15) is 24.9 Å². The molecule has 2 heterocycles. The SMILES string of the molecule is C=CCOC12Oc3ccc(OC(=O)NCCCCCCCCCCCC)cc3C3C(CCCCO)C(CCCCO)C=C(C(=NOC4CCCCO4)CC1N(CCOCCO)C(=O)OC)C32. The van der Waals surface area contributed by atoms with E-state index in [0.717, 1.165) is 68.9 Å². The minimum atomic E-state index is -1.51. The molecule has 66 heavy (non-hydrogen) atoms. The van der Waals surface area contributed by atoms with E-state index in [0.29, 0.717) is 49.6 Å². The van der Waals surface area contributed by atoms with Crippen molar-refractivity contribution in [3.05, 3.63) is 48.1 Å². The molecule has 1 aromatic rings. The molecule has 15 nitrogen and oxygen atoms in total. The van der Waals surface area contributed by atoms with Crippen LogP contribution < -0.4 is 14.8 Å². The highest BCUT2D eigenvalue weighted by molar-refractivity contribution is 6.03. The summed E-state index contributed by atoms with van der Waals surface area (Å²) in [5, 5.41) is 37.2. The van der Waals surface area contributed by atoms with Crippen molar-refractivity contribution < 1.29 is 58.2 Å². The lowest BCUT2D eigenvalue weighted by Crippen LogP contribution is -2.70. The van der Waals surface area contributed by atoms with Crippen molar-refractivity contribution in [3.8, 4) is 11.5 Å². The third-order valence-corrected chi connectivity index (χ3v) is 13.6. The van der Waals surface area contributed by atoms with E-state index in [-0.39, 0.29) is 70.4 Å². The molecular formula is C51H81N3O12. The van der Waals surface area contributed by atoms with E-state index in [4.69, 9.17) is 38.4 Å². The predicted molar refractivity (Wildman–Crippen MR) is 253 cm³/mol. The number of carbonyl (C=O) groups is 2. The molecule has 0 bridgehead atoms. The number of rotatable bonds is 31. The number of hydrogen-bond acceptors (Lipinski definition) is 13. The average Bonchev–Trinajstić information content (AvgIpc) is 3.33. The maximum absolute atomic E-state index is 14.0. The molecule has 2 aliphatic carbocycles. The zero-order chi connectivity index (χ0) is 47.0. The van der Waals surface area contributed by atoms with E-state index in [2.05, 4.69) is 24.9 Å². The Morgan fingerprint density at radius 2 is 1.68 bits per heavy atom. The summed E-state index contributed by atoms with van der Waals surface area (Å²) in [6.07, 6.45) is 21.4. The van der Waals surface area contributed by atoms with Crippen molar-refractivity contribution in [1.82, 2.24) is 10.2 Å². The van der Waals surface area contributed by atoms with E-state index < -0.39 is 36.2 Å². The minimum Gasteiger partial charge on any atom is -0.459 e. The lowest BCUT2D eigenvalue weighted by atomic mass is 9.55. The number of benzene rings is 1. The van der Waals surface area contributed by atoms with E-state index in [1.165, 1.54) is 52.1 Å². The second kappa shape index (κ2) is 29.2. The van der Waals surface area contributed by atoms with Gasteiger partial charge in [0, 0.05) is 50.6 Å². The number of aliphatic hydroxyl groups is 3. The predicted octanol–water partition coefficient (Wildman–Crippen LogP) is 8.93. The normalized spacial score (nSPS) is 24.9. The molecule has 2 aliphatic heterocycles. The summed E-state index contributed by atoms with van der Waals surface area (Å²) < 4.78 is 37.3. The first-order valence-corrected chi connectivity index (χ1v) is 25.2. The summed E-state index contributed by atoms with van der Waals surface area (Å²) in [5.41, 5.74) is 2.33. The fourth-order valence-electron chi connectivity index (χ4n) is 10.4. The molecule has 2 amide bonds. The van der Waals surface area contributed by atoms with Gasteiger partial charge in [0.15, 0.2) is 0 Å². The van der Waals surface area contributed by atoms with Crippen LogP contribution in [0.2, 0.25) is 0 Å². The van der Waals surface area contributed by atoms with Gasteiger partial charge in [-0.3, -0.25) is 4.90 Å². The topological polar surface area (TPSA) is 187 Å². The third-order valence-electron chi connectivity index (χ3n) is 13.6. The van der Waals surface area contributed by atoms with Crippen LogP contribution in [0.15, 0.2) is 47.7 Å². The Labute approximate surface area is 393 Å². The molecule has 5 rings (SSSR count). The summed E-state index contributed by atoms with van der Waals surface area (Å²) in [5.74, 6) is -1.52. The average molecular weight is 928 g/mol. The van der Waals surface area contributed by atoms with Crippen LogP contribution in [0.4, 0.5) is 9.59 Å². The Bertz CT molecular complexity index is 1670. The standard InChI is InChI=1S/C51H81N3O12/c1-4-6-7-8-9-10-11-12-13-17-26-52-49(58)64-39-24-25-44-42(36-39)47-40(22-15-19-29-56)38(21-14-18-28-55)35-41-43(53-66-46-23-16-20-32-62-46)37-45(51(65-44,48(41)47)63-31-5-2)54(50(59)60-3)27-33-61-34-30-57/h5,24-25,35-36,38,40,45-48,55-57H,2,4,6-23,26-34,37H2,1,3H3,(H,52,58). The molecule has 4 N–H and O–H groups in total. The molecule has 0 spiro atoms. The first-order chi connectivity index (χ1) is 32.3. The molecule has 372 valence electrons. The molecule has 7 atom stereocenters. The Morgan fingerprint density at radius 3 is 2.36 bits per heavy atom. The van der Waals surface area contributed by atoms with Gasteiger partial charge in [-0.25, -0.2) is 9.59 Å². The van der Waals surface area contributed by atoms with Gasteiger partial charge in [0.25, 0.3) is 0 Å². The minimum absolute atomic E-state index is 0.0137. The quantitative estimate of drug-likeness (QED) is 0.0315. The highest BCUT2D eigenvalue weighted by Crippen LogP contribution is 2.62. The number of allylic oxidation sites excluding steroid dienone is 1. The number of nitrogens with zero attached hydrogens (tertiary/aromatic N) is 2. The first kappa shape index (κ1) is 53.2. The number of fused-ring (bicyclic) bond motifs is 2. The molecule has 4 aliphatic rings. The van der Waals surface area contributed by atoms with Crippen LogP contribution in [0, 0.1) is 17.8 Å². The second-order valence-electron chi connectivity index (χ2n) is 18.2. The first-order valence-electron chi connectivity index (χ1n) is 25.2. The largest absolute Gasteiger partial charge is 0.459 e. The van der Waals surface area contributed by atoms with Gasteiger partial charge < -0.3 is 53.9 Å². The molecule has 0 radical (unpaired) electrons. The Kier molecular flexibility index (Phi) is 23.6. The van der Waals surface area contributed by atoms with Crippen LogP contribution in [0.5, 0.6) is 11.5 Å². The van der Waals surface area contributed by atoms with Crippen LogP contribution in [-0.4, -0.2) is 123 Å². The molecule has 1 saturated carbocycles. The Balaban J connectivity index is 1.54. The van der Waals surface area contributed by atoms with Crippen molar-refractivity contribution in [2.24, 2.45) is 22.9 Å². The molecule has 0 aromatic heterocycles. The number of nitrogens with one attached hydrogen (secondary N) is 1. The summed E-state index contributed by atoms with van der Waals surface area (Å²) in [7, 11) is 1.33. The number of carbonyl (C=O) groups excluding carboxylic acids is 2. The maximum Gasteiger partial charge on any atom is 0.412 e. The monoisotopic (exact) mass is 928 g/mol. The number of unbranched alkanes of at least 4 members (excludes halogenated alkanes) is 11. The van der Waals surface area contributed by atoms with Crippen LogP contribution >= 0.6 is 0 Å². The number of amides is 2. The zero-order valence-electron chi connectivity index (χ0n) is 40.0. The van der Waals surface area contributed by atoms with Crippen LogP contribution in [-0.2, 0) is 23.8 Å². The summed E-state index contributed by atoms with van der Waals surface area (Å²) in [4.78, 5) is 35.1. The van der Waals surface area contributed by atoms with Crippen molar-refractivity contribution in [2.45, 2.75) is 159 Å². The Hall–Kier alpha value is -3.73. The van der Waals surface area contributed by atoms with Crippen molar-refractivity contribution in [1.29, 1.82) is 0 Å². The number of methoxy groups -OCH3 is 1. The van der Waals surface area contributed by atoms with Gasteiger partial charge in [0.2, 0.25) is 12.1 Å². The lowest BCUT2D eigenvalue weighted by Gasteiger charge is -2.59. The number of hydrogen-bond donors (Lipinski definition) is 4. The van der Waals surface area contributed by atoms with Crippen LogP contribution in [0.25, 0.3) is 0 Å². The highest BCUT2D eigenvalue weighted by Gasteiger charge is 2.65. The number of ether oxygens (including phenoxy) is 6. The van der Waals surface area contributed by atoms with Crippen molar-refractivity contribution >= 4 is 17.9 Å². The van der Waals surface area contributed by atoms with Gasteiger partial charge in [0.05, 0.1) is 51.8 Å². The summed E-state index contributed by atoms with van der Waals surface area (Å²) >= 11 is 0. The second-order valence-corrected chi connectivity index (χ2v) is 18.2. The van der Waals surface area contributed by atoms with Gasteiger partial charge in [-0.1, -0.05) is 94.9 Å². The van der Waals surface area contributed by atoms with E-state index in [1.54, 1.807) is 17.0 Å². The molecule has 1 aromatic carbocycles. The fourth-order valence-corrected chi connectivity index (χ4v) is 10.4. The van der Waals surface area contributed by atoms with Gasteiger partial charge in [-0.15, -0.1) is 6.58 Å². The van der Waals surface area contributed by atoms with Crippen LogP contribution in [0.3, 0.4) is 0 Å². The zero-order valence-corrected chi connectivity index (χ0v) is 40.0. The molecule has 15 heteroatoms. The van der Waals surface area contributed by atoms with E-state index in [1.807, 2.05) is 12.1 Å². The molecule has 1 saturated heterocycles. The van der Waals surface area contributed by atoms with Crippen molar-refractivity contribution in [2.75, 3.05) is 66.4 Å². The Morgan fingerprint density at radius 1 is 0.939 bits per heavy atom. The highest BCUT2D eigenvalue weighted by atomic mass is 16.8. The van der Waals surface area contributed by atoms with Gasteiger partial charge in [-0.05, 0) is 80.6 Å². The third kappa shape index (κ3) is 14.9. The fraction of sp³-hybridized carbons (Fsp3) is 0.745. The van der Waals surface area contributed by atoms with Crippen LogP contribution in [0.1, 0.15) is 147 Å². The van der Waals surface area contributed by atoms with Crippen molar-refractivity contribution in [3.63, 3.8) is 0 Å². The molecule has 7 unspecified atom stereocenters. The number of oxime groups is 1. The summed E-state index contributed by atoms with van der Waals surface area (Å²) in [6, 6.07) is 4.61. The summed E-state index contributed by atoms with van der Waals surface area (Å²) in [6.45, 7) is 7.67. The maximum atomic E-state index is 14.0. The lowest BCUT2D eigenvalue weighted by molar-refractivity contribution is -0.256. The van der Waals surface area contributed by atoms with E-state index >= 15 is 0 Å². The van der Waals surface area contributed by atoms with Gasteiger partial charge in [-0.2, -0.15) is 0 Å². The van der Waals surface area contributed by atoms with Gasteiger partial charge >= 0.3 is 12.2 Å². The number of aliphatic hydroxyl groups excluding tert-OH is 3.